The van der Waals surface area contributed by atoms with Gasteiger partial charge in [0.25, 0.3) is 0 Å². The molecule has 1 unspecified atom stereocenters. The number of benzene rings is 1. The Hall–Kier alpha value is -2.24. The summed E-state index contributed by atoms with van der Waals surface area (Å²) in [5.41, 5.74) is 1.83. The molecule has 1 aliphatic rings. The third-order valence-corrected chi connectivity index (χ3v) is 3.97. The van der Waals surface area contributed by atoms with Crippen molar-refractivity contribution in [3.8, 4) is 0 Å². The molecule has 0 saturated heterocycles. The first-order valence-corrected chi connectivity index (χ1v) is 8.28. The Morgan fingerprint density at radius 3 is 3.04 bits per heavy atom. The standard InChI is InChI=1S/C19H22N2O3/c22-16(13-24-12-14-5-6-14)11-21-19(23)8-7-15-9-10-20-18-4-2-1-3-17(15)18/h1-4,7-10,14,16,22H,5-6,11-13H2,(H,21,23)/b8-7+. The molecule has 5 nitrogen and oxygen atoms in total. The van der Waals surface area contributed by atoms with Gasteiger partial charge in [-0.3, -0.25) is 9.78 Å². The van der Waals surface area contributed by atoms with Crippen molar-refractivity contribution in [3.63, 3.8) is 0 Å². The highest BCUT2D eigenvalue weighted by molar-refractivity contribution is 5.95. The molecule has 1 aromatic heterocycles. The van der Waals surface area contributed by atoms with Gasteiger partial charge in [-0.1, -0.05) is 18.2 Å². The molecule has 3 rings (SSSR count). The molecule has 2 N–H and O–H groups in total. The van der Waals surface area contributed by atoms with Crippen LogP contribution in [-0.4, -0.2) is 41.9 Å². The van der Waals surface area contributed by atoms with Crippen molar-refractivity contribution in [2.24, 2.45) is 5.92 Å². The number of nitrogens with zero attached hydrogens (tertiary/aromatic N) is 1. The van der Waals surface area contributed by atoms with Crippen molar-refractivity contribution in [2.75, 3.05) is 19.8 Å². The number of aliphatic hydroxyl groups is 1. The number of aliphatic hydroxyl groups excluding tert-OH is 1. The van der Waals surface area contributed by atoms with Gasteiger partial charge >= 0.3 is 0 Å². The van der Waals surface area contributed by atoms with Crippen LogP contribution in [0.5, 0.6) is 0 Å². The van der Waals surface area contributed by atoms with Crippen molar-refractivity contribution < 1.29 is 14.6 Å². The smallest absolute Gasteiger partial charge is 0.244 e. The van der Waals surface area contributed by atoms with Crippen LogP contribution in [0.25, 0.3) is 17.0 Å². The van der Waals surface area contributed by atoms with Gasteiger partial charge in [0, 0.05) is 30.8 Å². The van der Waals surface area contributed by atoms with E-state index in [1.54, 1.807) is 12.3 Å². The van der Waals surface area contributed by atoms with Gasteiger partial charge in [-0.15, -0.1) is 0 Å². The van der Waals surface area contributed by atoms with Crippen molar-refractivity contribution in [2.45, 2.75) is 18.9 Å². The van der Waals surface area contributed by atoms with E-state index in [0.717, 1.165) is 16.5 Å². The molecular weight excluding hydrogens is 304 g/mol. The molecule has 0 aliphatic heterocycles. The van der Waals surface area contributed by atoms with Gasteiger partial charge < -0.3 is 15.2 Å². The van der Waals surface area contributed by atoms with Gasteiger partial charge in [-0.05, 0) is 42.5 Å². The predicted octanol–water partition coefficient (Wildman–Crippen LogP) is 2.15. The van der Waals surface area contributed by atoms with Crippen LogP contribution in [0.2, 0.25) is 0 Å². The first-order valence-electron chi connectivity index (χ1n) is 8.28. The number of aromatic nitrogens is 1. The maximum absolute atomic E-state index is 11.9. The lowest BCUT2D eigenvalue weighted by Gasteiger charge is -2.11. The first-order chi connectivity index (χ1) is 11.7. The Bertz CT molecular complexity index is 720. The molecule has 1 fully saturated rings. The minimum atomic E-state index is -0.678. The van der Waals surface area contributed by atoms with Gasteiger partial charge in [0.15, 0.2) is 0 Å². The van der Waals surface area contributed by atoms with Crippen LogP contribution in [0, 0.1) is 5.92 Å². The van der Waals surface area contributed by atoms with Crippen molar-refractivity contribution in [1.29, 1.82) is 0 Å². The van der Waals surface area contributed by atoms with Gasteiger partial charge in [-0.25, -0.2) is 0 Å². The Labute approximate surface area is 141 Å². The normalized spacial score (nSPS) is 15.7. The second-order valence-corrected chi connectivity index (χ2v) is 6.13. The lowest BCUT2D eigenvalue weighted by atomic mass is 10.1. The summed E-state index contributed by atoms with van der Waals surface area (Å²) in [5.74, 6) is 0.432. The fourth-order valence-corrected chi connectivity index (χ4v) is 2.42. The maximum Gasteiger partial charge on any atom is 0.244 e. The van der Waals surface area contributed by atoms with Crippen molar-refractivity contribution in [3.05, 3.63) is 48.2 Å². The van der Waals surface area contributed by atoms with Crippen LogP contribution >= 0.6 is 0 Å². The van der Waals surface area contributed by atoms with Gasteiger partial charge in [-0.2, -0.15) is 0 Å². The highest BCUT2D eigenvalue weighted by atomic mass is 16.5. The van der Waals surface area contributed by atoms with E-state index in [0.29, 0.717) is 12.5 Å². The van der Waals surface area contributed by atoms with E-state index in [1.807, 2.05) is 30.3 Å². The highest BCUT2D eigenvalue weighted by Gasteiger charge is 2.21. The average molecular weight is 326 g/mol. The summed E-state index contributed by atoms with van der Waals surface area (Å²) in [6.45, 7) is 1.15. The number of hydrogen-bond acceptors (Lipinski definition) is 4. The second kappa shape index (κ2) is 8.04. The molecule has 0 radical (unpaired) electrons. The summed E-state index contributed by atoms with van der Waals surface area (Å²) >= 11 is 0. The van der Waals surface area contributed by atoms with Crippen LogP contribution in [0.3, 0.4) is 0 Å². The van der Waals surface area contributed by atoms with Gasteiger partial charge in [0.05, 0.1) is 18.2 Å². The van der Waals surface area contributed by atoms with Crippen LogP contribution in [-0.2, 0) is 9.53 Å². The van der Waals surface area contributed by atoms with Crippen LogP contribution in [0.15, 0.2) is 42.6 Å². The number of rotatable bonds is 8. The topological polar surface area (TPSA) is 71.5 Å². The number of fused-ring (bicyclic) bond motifs is 1. The minimum Gasteiger partial charge on any atom is -0.389 e. The molecule has 24 heavy (non-hydrogen) atoms. The fraction of sp³-hybridized carbons (Fsp3) is 0.368. The Kier molecular flexibility index (Phi) is 5.56. The summed E-state index contributed by atoms with van der Waals surface area (Å²) < 4.78 is 5.40. The van der Waals surface area contributed by atoms with E-state index in [9.17, 15) is 9.90 Å². The molecule has 1 amide bonds. The van der Waals surface area contributed by atoms with E-state index in [2.05, 4.69) is 10.3 Å². The molecular formula is C19H22N2O3. The zero-order valence-corrected chi connectivity index (χ0v) is 13.5. The SMILES string of the molecule is O=C(/C=C/c1ccnc2ccccc12)NCC(O)COCC1CC1. The van der Waals surface area contributed by atoms with Gasteiger partial charge in [0.1, 0.15) is 0 Å². The Morgan fingerprint density at radius 2 is 2.21 bits per heavy atom. The maximum atomic E-state index is 11.9. The quantitative estimate of drug-likeness (QED) is 0.729. The average Bonchev–Trinajstić information content (AvgIpc) is 3.42. The summed E-state index contributed by atoms with van der Waals surface area (Å²) in [6.07, 6.45) is 6.72. The number of hydrogen-bond donors (Lipinski definition) is 2. The van der Waals surface area contributed by atoms with Gasteiger partial charge in [0.2, 0.25) is 5.91 Å². The fourth-order valence-electron chi connectivity index (χ4n) is 2.42. The number of carbonyl (C=O) groups excluding carboxylic acids is 1. The molecule has 1 saturated carbocycles. The number of ether oxygens (including phenoxy) is 1. The number of para-hydroxylation sites is 1. The van der Waals surface area contributed by atoms with Crippen LogP contribution in [0.1, 0.15) is 18.4 Å². The molecule has 0 spiro atoms. The van der Waals surface area contributed by atoms with Crippen molar-refractivity contribution >= 4 is 22.9 Å². The van der Waals surface area contributed by atoms with E-state index < -0.39 is 6.10 Å². The summed E-state index contributed by atoms with van der Waals surface area (Å²) in [7, 11) is 0. The highest BCUT2D eigenvalue weighted by Crippen LogP contribution is 2.28. The number of pyridine rings is 1. The van der Waals surface area contributed by atoms with Crippen LogP contribution < -0.4 is 5.32 Å². The number of amides is 1. The molecule has 2 aromatic rings. The molecule has 1 heterocycles. The first kappa shape index (κ1) is 16.6. The van der Waals surface area contributed by atoms with E-state index >= 15 is 0 Å². The molecule has 1 aliphatic carbocycles. The Morgan fingerprint density at radius 1 is 1.38 bits per heavy atom. The summed E-state index contributed by atoms with van der Waals surface area (Å²) in [4.78, 5) is 16.2. The molecule has 5 heteroatoms. The minimum absolute atomic E-state index is 0.185. The molecule has 1 aromatic carbocycles. The zero-order valence-electron chi connectivity index (χ0n) is 13.5. The van der Waals surface area contributed by atoms with Crippen molar-refractivity contribution in [1.82, 2.24) is 10.3 Å². The second-order valence-electron chi connectivity index (χ2n) is 6.13. The Balaban J connectivity index is 1.47. The van der Waals surface area contributed by atoms with Crippen LogP contribution in [0.4, 0.5) is 0 Å². The number of carbonyl (C=O) groups is 1. The number of nitrogens with one attached hydrogen (secondary N) is 1. The van der Waals surface area contributed by atoms with E-state index in [-0.39, 0.29) is 19.1 Å². The largest absolute Gasteiger partial charge is 0.389 e. The predicted molar refractivity (Wildman–Crippen MR) is 93.3 cm³/mol. The molecule has 126 valence electrons. The summed E-state index contributed by atoms with van der Waals surface area (Å²) in [5, 5.41) is 13.5. The lowest BCUT2D eigenvalue weighted by molar-refractivity contribution is -0.117. The molecule has 1 atom stereocenters. The summed E-state index contributed by atoms with van der Waals surface area (Å²) in [6, 6.07) is 9.65. The van der Waals surface area contributed by atoms with E-state index in [4.69, 9.17) is 4.74 Å². The lowest BCUT2D eigenvalue weighted by Crippen LogP contribution is -2.33. The monoisotopic (exact) mass is 326 g/mol. The third kappa shape index (κ3) is 4.88. The molecule has 0 bridgehead atoms. The van der Waals surface area contributed by atoms with E-state index in [1.165, 1.54) is 18.9 Å². The zero-order chi connectivity index (χ0) is 16.8. The third-order valence-electron chi connectivity index (χ3n) is 3.97.